The summed E-state index contributed by atoms with van der Waals surface area (Å²) in [5, 5.41) is 3.36. The lowest BCUT2D eigenvalue weighted by Gasteiger charge is -2.34. The number of fused-ring (bicyclic) bond motifs is 1. The summed E-state index contributed by atoms with van der Waals surface area (Å²) in [7, 11) is 0. The number of para-hydroxylation sites is 1. The number of nitrogens with two attached hydrogens (primary N) is 1. The lowest BCUT2D eigenvalue weighted by molar-refractivity contribution is -0.117. The Kier molecular flexibility index (Phi) is 7.42. The van der Waals surface area contributed by atoms with Crippen molar-refractivity contribution in [2.24, 2.45) is 5.73 Å². The number of aryl methyl sites for hydroxylation is 1. The first kappa shape index (κ1) is 24.1. The predicted molar refractivity (Wildman–Crippen MR) is 124 cm³/mol. The molecule has 2 heterocycles. The van der Waals surface area contributed by atoms with Crippen LogP contribution in [0.25, 0.3) is 0 Å². The van der Waals surface area contributed by atoms with Crippen molar-refractivity contribution in [2.75, 3.05) is 38.0 Å². The van der Waals surface area contributed by atoms with Gasteiger partial charge in [0.1, 0.15) is 10.8 Å². The molecule has 0 bridgehead atoms. The summed E-state index contributed by atoms with van der Waals surface area (Å²) in [5.74, 6) is -1.33. The minimum atomic E-state index is -3.02. The van der Waals surface area contributed by atoms with Crippen molar-refractivity contribution in [1.29, 1.82) is 0 Å². The van der Waals surface area contributed by atoms with Crippen LogP contribution in [-0.2, 0) is 17.6 Å². The smallest absolute Gasteiger partial charge is 0.387 e. The summed E-state index contributed by atoms with van der Waals surface area (Å²) < 4.78 is 29.8. The highest BCUT2D eigenvalue weighted by molar-refractivity contribution is 7.17. The van der Waals surface area contributed by atoms with E-state index in [-0.39, 0.29) is 23.8 Å². The Labute approximate surface area is 199 Å². The van der Waals surface area contributed by atoms with E-state index in [4.69, 9.17) is 5.73 Å². The molecular formula is C23H26F2N4O4S. The fourth-order valence-electron chi connectivity index (χ4n) is 4.41. The number of primary amides is 1. The van der Waals surface area contributed by atoms with E-state index < -0.39 is 18.4 Å². The van der Waals surface area contributed by atoms with Gasteiger partial charge >= 0.3 is 6.61 Å². The van der Waals surface area contributed by atoms with E-state index >= 15 is 0 Å². The number of nitrogens with zero attached hydrogens (tertiary/aromatic N) is 2. The van der Waals surface area contributed by atoms with E-state index in [1.54, 1.807) is 11.0 Å². The minimum absolute atomic E-state index is 0.0784. The van der Waals surface area contributed by atoms with Gasteiger partial charge in [0.2, 0.25) is 5.91 Å². The summed E-state index contributed by atoms with van der Waals surface area (Å²) in [4.78, 5) is 42.1. The number of hydrogen-bond acceptors (Lipinski definition) is 6. The zero-order valence-corrected chi connectivity index (χ0v) is 19.3. The lowest BCUT2D eigenvalue weighted by Crippen LogP contribution is -2.50. The van der Waals surface area contributed by atoms with Crippen LogP contribution in [0.4, 0.5) is 13.8 Å². The molecule has 1 saturated heterocycles. The summed E-state index contributed by atoms with van der Waals surface area (Å²) >= 11 is 1.42. The maximum atomic E-state index is 12.8. The van der Waals surface area contributed by atoms with Crippen LogP contribution in [0.15, 0.2) is 24.3 Å². The van der Waals surface area contributed by atoms with Crippen LogP contribution in [-0.4, -0.2) is 66.9 Å². The van der Waals surface area contributed by atoms with E-state index in [0.29, 0.717) is 36.7 Å². The molecule has 1 aromatic heterocycles. The zero-order chi connectivity index (χ0) is 24.2. The van der Waals surface area contributed by atoms with Gasteiger partial charge < -0.3 is 20.7 Å². The minimum Gasteiger partial charge on any atom is -0.434 e. The highest BCUT2D eigenvalue weighted by atomic mass is 32.1. The third-order valence-electron chi connectivity index (χ3n) is 6.03. The van der Waals surface area contributed by atoms with E-state index in [9.17, 15) is 23.2 Å². The van der Waals surface area contributed by atoms with Crippen molar-refractivity contribution in [3.8, 4) is 5.75 Å². The molecule has 0 spiro atoms. The molecule has 3 N–H and O–H groups in total. The van der Waals surface area contributed by atoms with Crippen LogP contribution in [0.1, 0.15) is 44.0 Å². The number of anilines is 1. The molecule has 1 aliphatic carbocycles. The van der Waals surface area contributed by atoms with Crippen molar-refractivity contribution in [3.05, 3.63) is 45.8 Å². The number of nitrogens with one attached hydrogen (secondary N) is 1. The van der Waals surface area contributed by atoms with Gasteiger partial charge in [0.25, 0.3) is 11.8 Å². The van der Waals surface area contributed by atoms with Gasteiger partial charge in [-0.2, -0.15) is 8.78 Å². The molecular weight excluding hydrogens is 466 g/mol. The van der Waals surface area contributed by atoms with Gasteiger partial charge in [-0.25, -0.2) is 0 Å². The monoisotopic (exact) mass is 492 g/mol. The number of ether oxygens (including phenoxy) is 1. The number of halogens is 2. The Morgan fingerprint density at radius 3 is 2.50 bits per heavy atom. The third kappa shape index (κ3) is 5.36. The average molecular weight is 493 g/mol. The van der Waals surface area contributed by atoms with Crippen molar-refractivity contribution in [2.45, 2.75) is 32.3 Å². The number of benzene rings is 1. The number of carbonyl (C=O) groups is 3. The maximum Gasteiger partial charge on any atom is 0.387 e. The van der Waals surface area contributed by atoms with Crippen molar-refractivity contribution in [3.63, 3.8) is 0 Å². The van der Waals surface area contributed by atoms with Gasteiger partial charge in [0, 0.05) is 31.1 Å². The Morgan fingerprint density at radius 2 is 1.79 bits per heavy atom. The summed E-state index contributed by atoms with van der Waals surface area (Å²) in [6.07, 6.45) is 3.74. The van der Waals surface area contributed by atoms with E-state index in [1.807, 2.05) is 4.90 Å². The highest BCUT2D eigenvalue weighted by Gasteiger charge is 2.28. The number of carbonyl (C=O) groups excluding carboxylic acids is 3. The number of amides is 3. The van der Waals surface area contributed by atoms with E-state index in [2.05, 4.69) is 10.1 Å². The second kappa shape index (κ2) is 10.5. The number of rotatable bonds is 7. The van der Waals surface area contributed by atoms with E-state index in [1.165, 1.54) is 29.5 Å². The molecule has 0 saturated carbocycles. The summed E-state index contributed by atoms with van der Waals surface area (Å²) in [6, 6.07) is 5.91. The molecule has 0 atom stereocenters. The van der Waals surface area contributed by atoms with Gasteiger partial charge in [0.05, 0.1) is 17.7 Å². The Bertz CT molecular complexity index is 1080. The van der Waals surface area contributed by atoms with Gasteiger partial charge in [-0.05, 0) is 43.4 Å². The SMILES string of the molecule is NC(=O)c1c(NC(=O)CN2CCN(C(=O)c3ccccc3OC(F)F)CC2)sc2c1CCCC2. The Hall–Kier alpha value is -3.05. The zero-order valence-electron chi connectivity index (χ0n) is 18.5. The van der Waals surface area contributed by atoms with Crippen molar-refractivity contribution < 1.29 is 27.9 Å². The number of piperazine rings is 1. The average Bonchev–Trinajstić information content (AvgIpc) is 3.17. The first-order chi connectivity index (χ1) is 16.3. The molecule has 8 nitrogen and oxygen atoms in total. The summed E-state index contributed by atoms with van der Waals surface area (Å²) in [5.41, 5.74) is 7.05. The molecule has 182 valence electrons. The second-order valence-corrected chi connectivity index (χ2v) is 9.38. The summed E-state index contributed by atoms with van der Waals surface area (Å²) in [6.45, 7) is -1.34. The molecule has 3 amide bonds. The van der Waals surface area contributed by atoms with Crippen LogP contribution >= 0.6 is 11.3 Å². The van der Waals surface area contributed by atoms with Crippen LogP contribution in [0.2, 0.25) is 0 Å². The van der Waals surface area contributed by atoms with Gasteiger partial charge in [0.15, 0.2) is 0 Å². The van der Waals surface area contributed by atoms with Crippen LogP contribution in [0, 0.1) is 0 Å². The van der Waals surface area contributed by atoms with Crippen LogP contribution in [0.5, 0.6) is 5.75 Å². The molecule has 0 unspecified atom stereocenters. The molecule has 34 heavy (non-hydrogen) atoms. The fraction of sp³-hybridized carbons (Fsp3) is 0.435. The van der Waals surface area contributed by atoms with Crippen LogP contribution < -0.4 is 15.8 Å². The molecule has 1 aliphatic heterocycles. The standard InChI is InChI=1S/C23H26F2N4O4S/c24-23(25)33-16-7-3-1-5-14(16)22(32)29-11-9-28(10-12-29)13-18(30)27-21-19(20(26)31)15-6-2-4-8-17(15)34-21/h1,3,5,7,23H,2,4,6,8-13H2,(H2,26,31)(H,27,30). The molecule has 2 aliphatic rings. The molecule has 2 aromatic rings. The first-order valence-electron chi connectivity index (χ1n) is 11.1. The maximum absolute atomic E-state index is 12.8. The topological polar surface area (TPSA) is 105 Å². The van der Waals surface area contributed by atoms with Crippen molar-refractivity contribution in [1.82, 2.24) is 9.80 Å². The van der Waals surface area contributed by atoms with Gasteiger partial charge in [-0.3, -0.25) is 19.3 Å². The highest BCUT2D eigenvalue weighted by Crippen LogP contribution is 2.37. The second-order valence-electron chi connectivity index (χ2n) is 8.27. The fourth-order valence-corrected chi connectivity index (χ4v) is 5.72. The largest absolute Gasteiger partial charge is 0.434 e. The van der Waals surface area contributed by atoms with Gasteiger partial charge in [-0.15, -0.1) is 11.3 Å². The molecule has 0 radical (unpaired) electrons. The normalized spacial score (nSPS) is 16.3. The molecule has 1 fully saturated rings. The molecule has 4 rings (SSSR count). The van der Waals surface area contributed by atoms with Crippen LogP contribution in [0.3, 0.4) is 0 Å². The lowest BCUT2D eigenvalue weighted by atomic mass is 9.95. The number of thiophene rings is 1. The third-order valence-corrected chi connectivity index (χ3v) is 7.24. The quantitative estimate of drug-likeness (QED) is 0.619. The molecule has 11 heteroatoms. The Balaban J connectivity index is 1.34. The van der Waals surface area contributed by atoms with Crippen molar-refractivity contribution >= 4 is 34.1 Å². The Morgan fingerprint density at radius 1 is 1.09 bits per heavy atom. The van der Waals surface area contributed by atoms with E-state index in [0.717, 1.165) is 36.1 Å². The molecule has 1 aromatic carbocycles. The number of alkyl halides is 2. The van der Waals surface area contributed by atoms with Gasteiger partial charge in [-0.1, -0.05) is 12.1 Å². The number of hydrogen-bond donors (Lipinski definition) is 2. The predicted octanol–water partition coefficient (Wildman–Crippen LogP) is 2.72. The first-order valence-corrected chi connectivity index (χ1v) is 11.9.